The van der Waals surface area contributed by atoms with Crippen molar-refractivity contribution in [3.63, 3.8) is 0 Å². The Kier molecular flexibility index (Phi) is 4.89. The van der Waals surface area contributed by atoms with E-state index in [4.69, 9.17) is 13.6 Å². The topological polar surface area (TPSA) is 80.2 Å². The Bertz CT molecular complexity index is 977. The lowest BCUT2D eigenvalue weighted by molar-refractivity contribution is -0.131. The molecule has 1 aliphatic rings. The number of hydrogen-bond acceptors (Lipinski definition) is 6. The number of anilines is 1. The third-order valence-electron chi connectivity index (χ3n) is 4.63. The number of nitrogens with one attached hydrogen (secondary N) is 1. The Morgan fingerprint density at radius 1 is 1.25 bits per heavy atom. The molecular weight excluding hydrogens is 358 g/mol. The van der Waals surface area contributed by atoms with E-state index >= 15 is 0 Å². The van der Waals surface area contributed by atoms with Crippen molar-refractivity contribution in [1.29, 1.82) is 0 Å². The number of hydrogen-bond donors (Lipinski definition) is 1. The van der Waals surface area contributed by atoms with Crippen LogP contribution in [0.5, 0.6) is 5.75 Å². The molecule has 0 saturated carbocycles. The van der Waals surface area contributed by atoms with Gasteiger partial charge in [0.1, 0.15) is 29.0 Å². The molecule has 1 atom stereocenters. The van der Waals surface area contributed by atoms with E-state index in [2.05, 4.69) is 10.4 Å². The predicted molar refractivity (Wildman–Crippen MR) is 104 cm³/mol. The minimum absolute atomic E-state index is 0.0754. The highest BCUT2D eigenvalue weighted by molar-refractivity contribution is 6.01. The minimum Gasteiger partial charge on any atom is -0.495 e. The number of hydrazone groups is 1. The van der Waals surface area contributed by atoms with Gasteiger partial charge in [-0.05, 0) is 48.9 Å². The molecule has 1 aliphatic heterocycles. The first kappa shape index (κ1) is 17.9. The molecular formula is C21H21N3O4. The maximum atomic E-state index is 13.0. The summed E-state index contributed by atoms with van der Waals surface area (Å²) in [6, 6.07) is 12.8. The summed E-state index contributed by atoms with van der Waals surface area (Å²) in [7, 11) is 1.60. The van der Waals surface area contributed by atoms with Gasteiger partial charge in [0.05, 0.1) is 31.9 Å². The maximum absolute atomic E-state index is 13.0. The van der Waals surface area contributed by atoms with Crippen molar-refractivity contribution in [1.82, 2.24) is 5.01 Å². The number of benzene rings is 1. The fourth-order valence-electron chi connectivity index (χ4n) is 3.25. The van der Waals surface area contributed by atoms with Crippen molar-refractivity contribution >= 4 is 17.3 Å². The second-order valence-electron chi connectivity index (χ2n) is 6.55. The first-order chi connectivity index (χ1) is 13.7. The molecule has 0 saturated heterocycles. The molecule has 3 aromatic rings. The molecule has 1 aromatic carbocycles. The van der Waals surface area contributed by atoms with Crippen molar-refractivity contribution in [2.75, 3.05) is 19.0 Å². The number of amides is 1. The van der Waals surface area contributed by atoms with Gasteiger partial charge in [0.15, 0.2) is 0 Å². The minimum atomic E-state index is -0.302. The average Bonchev–Trinajstić information content (AvgIpc) is 3.46. The van der Waals surface area contributed by atoms with Gasteiger partial charge in [-0.1, -0.05) is 6.07 Å². The van der Waals surface area contributed by atoms with E-state index in [1.807, 2.05) is 37.3 Å². The van der Waals surface area contributed by atoms with Gasteiger partial charge in [0, 0.05) is 6.42 Å². The SMILES string of the molecule is COc1ccc(C)cc1NCC(=O)N1N=C(c2ccco2)CC1c1ccco1. The van der Waals surface area contributed by atoms with Crippen molar-refractivity contribution in [2.45, 2.75) is 19.4 Å². The van der Waals surface area contributed by atoms with Gasteiger partial charge in [-0.25, -0.2) is 5.01 Å². The van der Waals surface area contributed by atoms with E-state index in [0.717, 1.165) is 11.3 Å². The van der Waals surface area contributed by atoms with Crippen LogP contribution >= 0.6 is 0 Å². The first-order valence-electron chi connectivity index (χ1n) is 9.01. The van der Waals surface area contributed by atoms with Crippen LogP contribution in [-0.2, 0) is 4.79 Å². The standard InChI is InChI=1S/C21H21N3O4/c1-14-7-8-18(26-2)15(11-14)22-13-21(25)24-17(20-6-4-10-28-20)12-16(23-24)19-5-3-9-27-19/h3-11,17,22H,12-13H2,1-2H3. The van der Waals surface area contributed by atoms with Gasteiger partial charge in [0.2, 0.25) is 0 Å². The molecule has 0 radical (unpaired) electrons. The van der Waals surface area contributed by atoms with E-state index < -0.39 is 0 Å². The highest BCUT2D eigenvalue weighted by Crippen LogP contribution is 2.33. The zero-order valence-corrected chi connectivity index (χ0v) is 15.7. The van der Waals surface area contributed by atoms with Gasteiger partial charge in [0.25, 0.3) is 5.91 Å². The van der Waals surface area contributed by atoms with Crippen molar-refractivity contribution in [3.05, 3.63) is 72.1 Å². The lowest BCUT2D eigenvalue weighted by Gasteiger charge is -2.20. The largest absolute Gasteiger partial charge is 0.495 e. The fourth-order valence-corrected chi connectivity index (χ4v) is 3.25. The molecule has 0 spiro atoms. The number of aryl methyl sites for hydroxylation is 1. The molecule has 1 N–H and O–H groups in total. The molecule has 3 heterocycles. The van der Waals surface area contributed by atoms with Gasteiger partial charge in [-0.2, -0.15) is 5.10 Å². The number of furan rings is 2. The van der Waals surface area contributed by atoms with Crippen molar-refractivity contribution < 1.29 is 18.4 Å². The zero-order chi connectivity index (χ0) is 19.5. The molecule has 4 rings (SSSR count). The number of carbonyl (C=O) groups excluding carboxylic acids is 1. The molecule has 7 heteroatoms. The van der Waals surface area contributed by atoms with Crippen LogP contribution in [0.2, 0.25) is 0 Å². The summed E-state index contributed by atoms with van der Waals surface area (Å²) < 4.78 is 16.4. The summed E-state index contributed by atoms with van der Waals surface area (Å²) >= 11 is 0. The molecule has 0 bridgehead atoms. The molecule has 0 fully saturated rings. The molecule has 144 valence electrons. The van der Waals surface area contributed by atoms with Crippen LogP contribution < -0.4 is 10.1 Å². The van der Waals surface area contributed by atoms with Crippen LogP contribution in [-0.4, -0.2) is 30.3 Å². The second kappa shape index (κ2) is 7.64. The summed E-state index contributed by atoms with van der Waals surface area (Å²) in [5.41, 5.74) is 2.55. The number of rotatable bonds is 6. The summed E-state index contributed by atoms with van der Waals surface area (Å²) in [4.78, 5) is 13.0. The highest BCUT2D eigenvalue weighted by Gasteiger charge is 2.35. The Morgan fingerprint density at radius 3 is 2.79 bits per heavy atom. The van der Waals surface area contributed by atoms with Gasteiger partial charge in [-0.15, -0.1) is 0 Å². The Labute approximate surface area is 162 Å². The van der Waals surface area contributed by atoms with E-state index in [9.17, 15) is 4.79 Å². The number of ether oxygens (including phenoxy) is 1. The van der Waals surface area contributed by atoms with Crippen LogP contribution in [0.4, 0.5) is 5.69 Å². The fraction of sp³-hybridized carbons (Fsp3) is 0.238. The Morgan fingerprint density at radius 2 is 2.07 bits per heavy atom. The van der Waals surface area contributed by atoms with E-state index in [1.54, 1.807) is 31.8 Å². The molecule has 0 aliphatic carbocycles. The Balaban J connectivity index is 1.54. The van der Waals surface area contributed by atoms with E-state index in [1.165, 1.54) is 5.01 Å². The summed E-state index contributed by atoms with van der Waals surface area (Å²) in [6.07, 6.45) is 3.72. The lowest BCUT2D eigenvalue weighted by Crippen LogP contribution is -2.32. The molecule has 2 aromatic heterocycles. The number of nitrogens with zero attached hydrogens (tertiary/aromatic N) is 2. The average molecular weight is 379 g/mol. The number of methoxy groups -OCH3 is 1. The predicted octanol–water partition coefficient (Wildman–Crippen LogP) is 3.98. The van der Waals surface area contributed by atoms with Gasteiger partial charge >= 0.3 is 0 Å². The summed E-state index contributed by atoms with van der Waals surface area (Å²) in [5.74, 6) is 1.85. The van der Waals surface area contributed by atoms with Crippen LogP contribution in [0.1, 0.15) is 29.5 Å². The Hall–Kier alpha value is -3.48. The van der Waals surface area contributed by atoms with E-state index in [0.29, 0.717) is 29.4 Å². The quantitative estimate of drug-likeness (QED) is 0.701. The number of carbonyl (C=O) groups is 1. The van der Waals surface area contributed by atoms with Crippen LogP contribution in [0.3, 0.4) is 0 Å². The van der Waals surface area contributed by atoms with Crippen LogP contribution in [0.15, 0.2) is 68.9 Å². The molecule has 1 amide bonds. The summed E-state index contributed by atoms with van der Waals surface area (Å²) in [6.45, 7) is 2.06. The maximum Gasteiger partial charge on any atom is 0.262 e. The third-order valence-corrected chi connectivity index (χ3v) is 4.63. The highest BCUT2D eigenvalue weighted by atomic mass is 16.5. The summed E-state index contributed by atoms with van der Waals surface area (Å²) in [5, 5.41) is 9.14. The lowest BCUT2D eigenvalue weighted by atomic mass is 10.1. The van der Waals surface area contributed by atoms with Gasteiger partial charge in [-0.3, -0.25) is 4.79 Å². The van der Waals surface area contributed by atoms with E-state index in [-0.39, 0.29) is 18.5 Å². The normalized spacial score (nSPS) is 16.1. The smallest absolute Gasteiger partial charge is 0.262 e. The molecule has 7 nitrogen and oxygen atoms in total. The molecule has 28 heavy (non-hydrogen) atoms. The van der Waals surface area contributed by atoms with Gasteiger partial charge < -0.3 is 18.9 Å². The molecule has 1 unspecified atom stereocenters. The van der Waals surface area contributed by atoms with Crippen LogP contribution in [0, 0.1) is 6.92 Å². The second-order valence-corrected chi connectivity index (χ2v) is 6.55. The van der Waals surface area contributed by atoms with Crippen molar-refractivity contribution in [2.24, 2.45) is 5.10 Å². The zero-order valence-electron chi connectivity index (χ0n) is 15.7. The third kappa shape index (κ3) is 3.51. The first-order valence-corrected chi connectivity index (χ1v) is 9.01. The monoisotopic (exact) mass is 379 g/mol. The van der Waals surface area contributed by atoms with Crippen molar-refractivity contribution in [3.8, 4) is 5.75 Å². The van der Waals surface area contributed by atoms with Crippen LogP contribution in [0.25, 0.3) is 0 Å².